The number of hydrogen-bond acceptors (Lipinski definition) is 3. The van der Waals surface area contributed by atoms with Crippen LogP contribution in [0.4, 0.5) is 0 Å². The number of carbonyl (C=O) groups is 1. The van der Waals surface area contributed by atoms with Gasteiger partial charge in [0.1, 0.15) is 11.3 Å². The fourth-order valence-corrected chi connectivity index (χ4v) is 1.88. The van der Waals surface area contributed by atoms with Crippen molar-refractivity contribution in [2.24, 2.45) is 5.73 Å². The Morgan fingerprint density at radius 3 is 2.65 bits per heavy atom. The lowest BCUT2D eigenvalue weighted by molar-refractivity contribution is -0.143. The molecule has 4 N–H and O–H groups in total. The Kier molecular flexibility index (Phi) is 4.12. The molecule has 0 saturated carbocycles. The van der Waals surface area contributed by atoms with Crippen LogP contribution in [0, 0.1) is 0 Å². The number of aromatic hydroxyl groups is 1. The number of benzene rings is 1. The van der Waals surface area contributed by atoms with Gasteiger partial charge in [-0.1, -0.05) is 19.1 Å². The van der Waals surface area contributed by atoms with E-state index in [0.717, 1.165) is 12.0 Å². The first-order valence-electron chi connectivity index (χ1n) is 5.68. The average molecular weight is 237 g/mol. The minimum Gasteiger partial charge on any atom is -0.508 e. The van der Waals surface area contributed by atoms with E-state index in [2.05, 4.69) is 0 Å². The maximum atomic E-state index is 11.0. The molecule has 0 heterocycles. The number of phenolic OH excluding ortho intramolecular Hbond substituents is 1. The number of phenols is 1. The second-order valence-electron chi connectivity index (χ2n) is 4.63. The van der Waals surface area contributed by atoms with Crippen LogP contribution in [-0.2, 0) is 4.79 Å². The number of hydrogen-bond donors (Lipinski definition) is 3. The van der Waals surface area contributed by atoms with Crippen molar-refractivity contribution >= 4 is 5.97 Å². The van der Waals surface area contributed by atoms with Crippen molar-refractivity contribution in [3.8, 4) is 5.75 Å². The van der Waals surface area contributed by atoms with Crippen molar-refractivity contribution in [2.45, 2.75) is 38.1 Å². The lowest BCUT2D eigenvalue weighted by Gasteiger charge is -2.25. The van der Waals surface area contributed by atoms with Crippen molar-refractivity contribution in [3.05, 3.63) is 29.8 Å². The van der Waals surface area contributed by atoms with Gasteiger partial charge in [-0.15, -0.1) is 0 Å². The smallest absolute Gasteiger partial charge is 0.323 e. The van der Waals surface area contributed by atoms with Crippen molar-refractivity contribution in [2.75, 3.05) is 0 Å². The maximum Gasteiger partial charge on any atom is 0.323 e. The number of rotatable bonds is 5. The fourth-order valence-electron chi connectivity index (χ4n) is 1.88. The molecule has 0 aromatic heterocycles. The Morgan fingerprint density at radius 2 is 2.18 bits per heavy atom. The van der Waals surface area contributed by atoms with Crippen LogP contribution in [0.3, 0.4) is 0 Å². The Bertz CT molecular complexity index is 401. The molecule has 0 fully saturated rings. The van der Waals surface area contributed by atoms with Crippen molar-refractivity contribution in [3.63, 3.8) is 0 Å². The fraction of sp³-hybridized carbons (Fsp3) is 0.462. The van der Waals surface area contributed by atoms with E-state index in [-0.39, 0.29) is 11.7 Å². The predicted octanol–water partition coefficient (Wildman–Crippen LogP) is 2.08. The Labute approximate surface area is 101 Å². The molecule has 1 rings (SSSR count). The van der Waals surface area contributed by atoms with Gasteiger partial charge in [-0.3, -0.25) is 4.79 Å². The molecule has 4 heteroatoms. The lowest BCUT2D eigenvalue weighted by atomic mass is 9.84. The quantitative estimate of drug-likeness (QED) is 0.732. The molecule has 4 nitrogen and oxygen atoms in total. The molecule has 17 heavy (non-hydrogen) atoms. The molecule has 0 radical (unpaired) electrons. The van der Waals surface area contributed by atoms with Crippen LogP contribution in [0.15, 0.2) is 24.3 Å². The summed E-state index contributed by atoms with van der Waals surface area (Å²) in [7, 11) is 0. The summed E-state index contributed by atoms with van der Waals surface area (Å²) in [6.07, 6.45) is 1.13. The molecular formula is C13H19NO3. The summed E-state index contributed by atoms with van der Waals surface area (Å²) in [5, 5.41) is 18.4. The zero-order valence-corrected chi connectivity index (χ0v) is 10.2. The number of nitrogens with two attached hydrogens (primary N) is 1. The monoisotopic (exact) mass is 237 g/mol. The third-order valence-corrected chi connectivity index (χ3v) is 2.99. The first kappa shape index (κ1) is 13.5. The summed E-state index contributed by atoms with van der Waals surface area (Å²) in [6, 6.07) is 6.88. The van der Waals surface area contributed by atoms with E-state index in [4.69, 9.17) is 10.8 Å². The molecule has 2 atom stereocenters. The second kappa shape index (κ2) is 5.19. The molecular weight excluding hydrogens is 218 g/mol. The maximum absolute atomic E-state index is 11.0. The predicted molar refractivity (Wildman–Crippen MR) is 66.0 cm³/mol. The summed E-state index contributed by atoms with van der Waals surface area (Å²) in [4.78, 5) is 11.0. The van der Waals surface area contributed by atoms with E-state index in [9.17, 15) is 9.90 Å². The van der Waals surface area contributed by atoms with Gasteiger partial charge in [0.15, 0.2) is 0 Å². The largest absolute Gasteiger partial charge is 0.508 e. The SMILES string of the molecule is CCC(CC(C)(N)C(=O)O)c1cccc(O)c1. The molecule has 0 aliphatic heterocycles. The van der Waals surface area contributed by atoms with Crippen LogP contribution in [0.5, 0.6) is 5.75 Å². The standard InChI is InChI=1S/C13H19NO3/c1-3-9(8-13(2,14)12(16)17)10-5-4-6-11(15)7-10/h4-7,9,15H,3,8,14H2,1-2H3,(H,16,17). The highest BCUT2D eigenvalue weighted by atomic mass is 16.4. The van der Waals surface area contributed by atoms with Crippen LogP contribution >= 0.6 is 0 Å². The molecule has 0 aliphatic rings. The molecule has 94 valence electrons. The van der Waals surface area contributed by atoms with Crippen molar-refractivity contribution < 1.29 is 15.0 Å². The Balaban J connectivity index is 2.90. The van der Waals surface area contributed by atoms with Gasteiger partial charge >= 0.3 is 5.97 Å². The first-order valence-corrected chi connectivity index (χ1v) is 5.68. The third kappa shape index (κ3) is 3.46. The highest BCUT2D eigenvalue weighted by Gasteiger charge is 2.31. The van der Waals surface area contributed by atoms with Crippen molar-refractivity contribution in [1.29, 1.82) is 0 Å². The number of carboxylic acids is 1. The number of carboxylic acid groups (broad SMARTS) is 1. The minimum atomic E-state index is -1.24. The number of aliphatic carboxylic acids is 1. The van der Waals surface area contributed by atoms with E-state index >= 15 is 0 Å². The Morgan fingerprint density at radius 1 is 1.53 bits per heavy atom. The summed E-state index contributed by atoms with van der Waals surface area (Å²) < 4.78 is 0. The van der Waals surface area contributed by atoms with E-state index in [0.29, 0.717) is 6.42 Å². The van der Waals surface area contributed by atoms with E-state index < -0.39 is 11.5 Å². The Hall–Kier alpha value is -1.55. The molecule has 0 saturated heterocycles. The normalized spacial score (nSPS) is 16.2. The summed E-state index contributed by atoms with van der Waals surface area (Å²) >= 11 is 0. The van der Waals surface area contributed by atoms with Gasteiger partial charge in [0, 0.05) is 0 Å². The van der Waals surface area contributed by atoms with Gasteiger partial charge in [-0.2, -0.15) is 0 Å². The third-order valence-electron chi connectivity index (χ3n) is 2.99. The van der Waals surface area contributed by atoms with Gasteiger partial charge in [-0.05, 0) is 43.4 Å². The van der Waals surface area contributed by atoms with Gasteiger partial charge in [0.05, 0.1) is 0 Å². The van der Waals surface area contributed by atoms with Crippen LogP contribution in [0.1, 0.15) is 38.2 Å². The van der Waals surface area contributed by atoms with Gasteiger partial charge < -0.3 is 15.9 Å². The van der Waals surface area contributed by atoms with Gasteiger partial charge in [0.25, 0.3) is 0 Å². The highest BCUT2D eigenvalue weighted by molar-refractivity contribution is 5.77. The summed E-state index contributed by atoms with van der Waals surface area (Å²) in [5.41, 5.74) is 5.43. The van der Waals surface area contributed by atoms with E-state index in [1.165, 1.54) is 6.92 Å². The molecule has 1 aromatic carbocycles. The molecule has 0 bridgehead atoms. The molecule has 1 aromatic rings. The minimum absolute atomic E-state index is 0.0354. The first-order chi connectivity index (χ1) is 7.86. The van der Waals surface area contributed by atoms with Crippen LogP contribution in [0.2, 0.25) is 0 Å². The second-order valence-corrected chi connectivity index (χ2v) is 4.63. The van der Waals surface area contributed by atoms with Gasteiger partial charge in [0.2, 0.25) is 0 Å². The van der Waals surface area contributed by atoms with Crippen molar-refractivity contribution in [1.82, 2.24) is 0 Å². The summed E-state index contributed by atoms with van der Waals surface area (Å²) in [5.74, 6) is -0.778. The molecule has 2 unspecified atom stereocenters. The molecule has 0 amide bonds. The lowest BCUT2D eigenvalue weighted by Crippen LogP contribution is -2.45. The molecule has 0 spiro atoms. The van der Waals surface area contributed by atoms with Crippen LogP contribution in [0.25, 0.3) is 0 Å². The zero-order chi connectivity index (χ0) is 13.1. The van der Waals surface area contributed by atoms with Crippen LogP contribution < -0.4 is 5.73 Å². The van der Waals surface area contributed by atoms with Gasteiger partial charge in [-0.25, -0.2) is 0 Å². The van der Waals surface area contributed by atoms with E-state index in [1.54, 1.807) is 18.2 Å². The zero-order valence-electron chi connectivity index (χ0n) is 10.2. The average Bonchev–Trinajstić information content (AvgIpc) is 2.25. The van der Waals surface area contributed by atoms with E-state index in [1.807, 2.05) is 13.0 Å². The highest BCUT2D eigenvalue weighted by Crippen LogP contribution is 2.29. The molecule has 0 aliphatic carbocycles. The topological polar surface area (TPSA) is 83.6 Å². The van der Waals surface area contributed by atoms with Crippen LogP contribution in [-0.4, -0.2) is 21.7 Å². The summed E-state index contributed by atoms with van der Waals surface area (Å²) in [6.45, 7) is 3.49.